The van der Waals surface area contributed by atoms with Gasteiger partial charge in [-0.2, -0.15) is 0 Å². The fourth-order valence-electron chi connectivity index (χ4n) is 3.41. The summed E-state index contributed by atoms with van der Waals surface area (Å²) in [7, 11) is -3.07. The summed E-state index contributed by atoms with van der Waals surface area (Å²) in [5, 5.41) is 20.9. The molecule has 2 heterocycles. The normalized spacial score (nSPS) is 17.8. The van der Waals surface area contributed by atoms with Gasteiger partial charge in [0.2, 0.25) is 0 Å². The largest absolute Gasteiger partial charge is 0.481 e. The molecule has 0 spiro atoms. The first-order chi connectivity index (χ1) is 14.4. The summed E-state index contributed by atoms with van der Waals surface area (Å²) < 4.78 is 28.8. The molecule has 0 saturated carbocycles. The third-order valence-electron chi connectivity index (χ3n) is 4.88. The zero-order valence-electron chi connectivity index (χ0n) is 16.2. The van der Waals surface area contributed by atoms with Crippen molar-refractivity contribution in [2.75, 3.05) is 24.7 Å². The highest BCUT2D eigenvalue weighted by Gasteiger charge is 2.29. The van der Waals surface area contributed by atoms with Gasteiger partial charge in [0.15, 0.2) is 16.4 Å². The Balaban J connectivity index is 1.53. The number of aromatic nitrogens is 3. The summed E-state index contributed by atoms with van der Waals surface area (Å²) in [5.41, 5.74) is 2.86. The van der Waals surface area contributed by atoms with E-state index < -0.39 is 9.84 Å². The number of aliphatic hydroxyl groups excluding tert-OH is 1. The second kappa shape index (κ2) is 8.41. The number of amides is 1. The van der Waals surface area contributed by atoms with Gasteiger partial charge in [-0.1, -0.05) is 18.2 Å². The number of fused-ring (bicyclic) bond motifs is 1. The molecule has 1 aliphatic rings. The molecule has 0 bridgehead atoms. The molecule has 1 aliphatic heterocycles. The molecule has 1 saturated heterocycles. The third-order valence-corrected chi connectivity index (χ3v) is 6.65. The minimum atomic E-state index is -3.07. The fourth-order valence-corrected chi connectivity index (χ4v) is 5.09. The van der Waals surface area contributed by atoms with Crippen LogP contribution in [-0.2, 0) is 21.1 Å². The maximum atomic E-state index is 12.2. The van der Waals surface area contributed by atoms with Crippen molar-refractivity contribution in [3.05, 3.63) is 48.0 Å². The highest BCUT2D eigenvalue weighted by molar-refractivity contribution is 7.91. The lowest BCUT2D eigenvalue weighted by molar-refractivity contribution is -0.123. The van der Waals surface area contributed by atoms with Gasteiger partial charge in [0.25, 0.3) is 5.91 Å². The zero-order chi connectivity index (χ0) is 21.1. The maximum absolute atomic E-state index is 12.2. The summed E-state index contributed by atoms with van der Waals surface area (Å²) in [4.78, 5) is 13.7. The van der Waals surface area contributed by atoms with E-state index in [0.717, 1.165) is 16.6 Å². The molecule has 9 nitrogen and oxygen atoms in total. The van der Waals surface area contributed by atoms with Crippen LogP contribution in [0.3, 0.4) is 0 Å². The van der Waals surface area contributed by atoms with E-state index in [0.29, 0.717) is 24.3 Å². The minimum Gasteiger partial charge on any atom is -0.481 e. The van der Waals surface area contributed by atoms with Crippen LogP contribution in [0.1, 0.15) is 12.0 Å². The Morgan fingerprint density at radius 3 is 2.57 bits per heavy atom. The summed E-state index contributed by atoms with van der Waals surface area (Å²) in [5.74, 6) is 0.0736. The van der Waals surface area contributed by atoms with Gasteiger partial charge in [0.1, 0.15) is 22.5 Å². The minimum absolute atomic E-state index is 0.000850. The van der Waals surface area contributed by atoms with Crippen LogP contribution in [0.4, 0.5) is 0 Å². The van der Waals surface area contributed by atoms with Gasteiger partial charge in [-0.15, -0.1) is 15.0 Å². The predicted octanol–water partition coefficient (Wildman–Crippen LogP) is 0.637. The Kier molecular flexibility index (Phi) is 5.69. The smallest absolute Gasteiger partial charge is 0.258 e. The quantitative estimate of drug-likeness (QED) is 0.564. The lowest BCUT2D eigenvalue weighted by atomic mass is 10.1. The SMILES string of the molecule is O=C(COc1ccc(CCO)cc1-n1nc2ccccc2n1)NC1CCS(=O)(=O)C1. The van der Waals surface area contributed by atoms with Gasteiger partial charge < -0.3 is 15.2 Å². The molecule has 4 rings (SSSR count). The van der Waals surface area contributed by atoms with Gasteiger partial charge in [-0.3, -0.25) is 4.79 Å². The van der Waals surface area contributed by atoms with Gasteiger partial charge in [-0.05, 0) is 42.7 Å². The zero-order valence-corrected chi connectivity index (χ0v) is 17.0. The molecule has 1 atom stereocenters. The Morgan fingerprint density at radius 2 is 1.93 bits per heavy atom. The van der Waals surface area contributed by atoms with E-state index in [1.54, 1.807) is 12.1 Å². The van der Waals surface area contributed by atoms with Crippen LogP contribution >= 0.6 is 0 Å². The Hall–Kier alpha value is -2.98. The molecule has 0 radical (unpaired) electrons. The molecule has 2 aromatic carbocycles. The molecule has 1 unspecified atom stereocenters. The first-order valence-electron chi connectivity index (χ1n) is 9.62. The molecule has 2 N–H and O–H groups in total. The van der Waals surface area contributed by atoms with E-state index in [2.05, 4.69) is 15.5 Å². The van der Waals surface area contributed by atoms with Crippen LogP contribution < -0.4 is 10.1 Å². The van der Waals surface area contributed by atoms with Crippen molar-refractivity contribution in [2.24, 2.45) is 0 Å². The Labute approximate surface area is 173 Å². The number of hydrogen-bond donors (Lipinski definition) is 2. The van der Waals surface area contributed by atoms with Crippen molar-refractivity contribution >= 4 is 26.8 Å². The molecule has 1 fully saturated rings. The molecular weight excluding hydrogens is 408 g/mol. The van der Waals surface area contributed by atoms with Crippen molar-refractivity contribution < 1.29 is 23.1 Å². The second-order valence-electron chi connectivity index (χ2n) is 7.21. The summed E-state index contributed by atoms with van der Waals surface area (Å²) in [6, 6.07) is 12.4. The van der Waals surface area contributed by atoms with E-state index >= 15 is 0 Å². The number of nitrogens with one attached hydrogen (secondary N) is 1. The van der Waals surface area contributed by atoms with E-state index in [1.807, 2.05) is 30.3 Å². The van der Waals surface area contributed by atoms with Gasteiger partial charge in [-0.25, -0.2) is 8.42 Å². The number of hydrogen-bond acceptors (Lipinski definition) is 7. The van der Waals surface area contributed by atoms with Crippen molar-refractivity contribution in [1.82, 2.24) is 20.3 Å². The molecule has 10 heteroatoms. The van der Waals surface area contributed by atoms with E-state index in [-0.39, 0.29) is 36.7 Å². The third kappa shape index (κ3) is 4.60. The topological polar surface area (TPSA) is 123 Å². The highest BCUT2D eigenvalue weighted by Crippen LogP contribution is 2.25. The summed E-state index contributed by atoms with van der Waals surface area (Å²) in [6.07, 6.45) is 0.879. The average molecular weight is 430 g/mol. The first-order valence-corrected chi connectivity index (χ1v) is 11.4. The van der Waals surface area contributed by atoms with Crippen LogP contribution in [0.15, 0.2) is 42.5 Å². The van der Waals surface area contributed by atoms with Crippen molar-refractivity contribution in [1.29, 1.82) is 0 Å². The molecule has 0 aliphatic carbocycles. The van der Waals surface area contributed by atoms with Gasteiger partial charge in [0, 0.05) is 12.6 Å². The lowest BCUT2D eigenvalue weighted by Gasteiger charge is -2.14. The van der Waals surface area contributed by atoms with E-state index in [4.69, 9.17) is 4.74 Å². The first kappa shape index (κ1) is 20.3. The van der Waals surface area contributed by atoms with Crippen LogP contribution in [0.25, 0.3) is 16.7 Å². The molecule has 158 valence electrons. The number of carbonyl (C=O) groups is 1. The monoisotopic (exact) mass is 430 g/mol. The van der Waals surface area contributed by atoms with Crippen molar-refractivity contribution in [3.63, 3.8) is 0 Å². The fraction of sp³-hybridized carbons (Fsp3) is 0.350. The van der Waals surface area contributed by atoms with Crippen LogP contribution in [-0.4, -0.2) is 65.2 Å². The van der Waals surface area contributed by atoms with E-state index in [1.165, 1.54) is 4.80 Å². The Bertz CT molecular complexity index is 1140. The number of carbonyl (C=O) groups excluding carboxylic acids is 1. The van der Waals surface area contributed by atoms with Gasteiger partial charge >= 0.3 is 0 Å². The molecule has 30 heavy (non-hydrogen) atoms. The number of nitrogens with zero attached hydrogens (tertiary/aromatic N) is 3. The number of benzene rings is 2. The number of rotatable bonds is 7. The maximum Gasteiger partial charge on any atom is 0.258 e. The average Bonchev–Trinajstić information content (AvgIpc) is 3.29. The van der Waals surface area contributed by atoms with Gasteiger partial charge in [0.05, 0.1) is 11.5 Å². The molecule has 1 amide bonds. The molecular formula is C20H22N4O5S. The van der Waals surface area contributed by atoms with Crippen LogP contribution in [0.5, 0.6) is 5.75 Å². The van der Waals surface area contributed by atoms with Crippen LogP contribution in [0, 0.1) is 0 Å². The number of aliphatic hydroxyl groups is 1. The standard InChI is InChI=1S/C20H22N4O5S/c25-9-7-14-5-6-19(29-12-20(26)21-15-8-10-30(27,28)13-15)18(11-14)24-22-16-3-1-2-4-17(16)23-24/h1-6,11,15,25H,7-10,12-13H2,(H,21,26). The number of sulfone groups is 1. The van der Waals surface area contributed by atoms with Crippen molar-refractivity contribution in [3.8, 4) is 11.4 Å². The second-order valence-corrected chi connectivity index (χ2v) is 9.44. The molecule has 3 aromatic rings. The Morgan fingerprint density at radius 1 is 1.20 bits per heavy atom. The lowest BCUT2D eigenvalue weighted by Crippen LogP contribution is -2.38. The van der Waals surface area contributed by atoms with Crippen molar-refractivity contribution in [2.45, 2.75) is 18.9 Å². The summed E-state index contributed by atoms with van der Waals surface area (Å²) >= 11 is 0. The van der Waals surface area contributed by atoms with E-state index in [9.17, 15) is 18.3 Å². The highest BCUT2D eigenvalue weighted by atomic mass is 32.2. The van der Waals surface area contributed by atoms with Crippen LogP contribution in [0.2, 0.25) is 0 Å². The number of ether oxygens (including phenoxy) is 1. The summed E-state index contributed by atoms with van der Waals surface area (Å²) in [6.45, 7) is -0.259. The predicted molar refractivity (Wildman–Crippen MR) is 110 cm³/mol. The molecule has 1 aromatic heterocycles.